The molecule has 0 N–H and O–H groups in total. The van der Waals surface area contributed by atoms with Crippen LogP contribution in [0.2, 0.25) is 0 Å². The number of rotatable bonds is 2. The van der Waals surface area contributed by atoms with Gasteiger partial charge in [-0.3, -0.25) is 4.18 Å². The molecule has 0 aliphatic carbocycles. The molecule has 0 unspecified atom stereocenters. The molecule has 0 saturated heterocycles. The molecule has 0 heterocycles. The van der Waals surface area contributed by atoms with Crippen LogP contribution < -0.4 is 0 Å². The molecule has 0 fully saturated rings. The van der Waals surface area contributed by atoms with Crippen molar-refractivity contribution in [1.82, 2.24) is 0 Å². The number of hydrogen-bond acceptors (Lipinski definition) is 3. The van der Waals surface area contributed by atoms with Crippen molar-refractivity contribution in [2.45, 2.75) is 13.8 Å². The summed E-state index contributed by atoms with van der Waals surface area (Å²) in [5.74, 6) is 2.23. The van der Waals surface area contributed by atoms with E-state index in [2.05, 4.69) is 10.1 Å². The molecular formula is C5H8O3S. The lowest BCUT2D eigenvalue weighted by Crippen LogP contribution is -2.00. The maximum atomic E-state index is 10.4. The van der Waals surface area contributed by atoms with Gasteiger partial charge in [-0.05, 0) is 13.8 Å². The molecule has 0 bridgehead atoms. The average molecular weight is 148 g/mol. The van der Waals surface area contributed by atoms with Crippen molar-refractivity contribution in [2.75, 3.05) is 6.61 Å². The van der Waals surface area contributed by atoms with Crippen LogP contribution in [0.5, 0.6) is 0 Å². The Hall–Kier alpha value is -0.530. The molecule has 0 aliphatic rings. The summed E-state index contributed by atoms with van der Waals surface area (Å²) in [6, 6.07) is 0. The van der Waals surface area contributed by atoms with E-state index >= 15 is 0 Å². The lowest BCUT2D eigenvalue weighted by molar-refractivity contribution is 0.346. The Balaban J connectivity index is 4.17. The molecule has 0 radical (unpaired) electrons. The van der Waals surface area contributed by atoms with Crippen LogP contribution in [0.15, 0.2) is 0 Å². The SMILES string of the molecule is CC#CS(=O)(=O)OCC. The molecule has 0 rings (SSSR count). The van der Waals surface area contributed by atoms with E-state index in [1.807, 2.05) is 5.25 Å². The van der Waals surface area contributed by atoms with Gasteiger partial charge in [0, 0.05) is 0 Å². The van der Waals surface area contributed by atoms with Crippen molar-refractivity contribution in [2.24, 2.45) is 0 Å². The summed E-state index contributed by atoms with van der Waals surface area (Å²) in [4.78, 5) is 0. The smallest absolute Gasteiger partial charge is 0.261 e. The van der Waals surface area contributed by atoms with Crippen molar-refractivity contribution < 1.29 is 12.6 Å². The first-order chi connectivity index (χ1) is 4.12. The standard InChI is InChI=1S/C5H8O3S/c1-3-5-9(6,7)8-4-2/h4H2,1-2H3. The van der Waals surface area contributed by atoms with Gasteiger partial charge >= 0.3 is 10.1 Å². The Morgan fingerprint density at radius 3 is 2.44 bits per heavy atom. The van der Waals surface area contributed by atoms with Crippen LogP contribution in [-0.4, -0.2) is 15.0 Å². The third kappa shape index (κ3) is 4.01. The van der Waals surface area contributed by atoms with Crippen molar-refractivity contribution in [1.29, 1.82) is 0 Å². The fourth-order valence-corrected chi connectivity index (χ4v) is 0.929. The normalized spacial score (nSPS) is 10.0. The van der Waals surface area contributed by atoms with E-state index in [-0.39, 0.29) is 6.61 Å². The van der Waals surface area contributed by atoms with Crippen molar-refractivity contribution in [3.05, 3.63) is 0 Å². The third-order valence-electron chi connectivity index (χ3n) is 0.500. The van der Waals surface area contributed by atoms with Gasteiger partial charge in [-0.25, -0.2) is 0 Å². The van der Waals surface area contributed by atoms with Gasteiger partial charge in [0.25, 0.3) is 0 Å². The van der Waals surface area contributed by atoms with Crippen LogP contribution in [0, 0.1) is 11.2 Å². The molecule has 9 heavy (non-hydrogen) atoms. The summed E-state index contributed by atoms with van der Waals surface area (Å²) in [6.45, 7) is 3.17. The minimum absolute atomic E-state index is 0.136. The lowest BCUT2D eigenvalue weighted by atomic mass is 10.9. The monoisotopic (exact) mass is 148 g/mol. The van der Waals surface area contributed by atoms with Crippen molar-refractivity contribution in [3.63, 3.8) is 0 Å². The Labute approximate surface area is 55.1 Å². The zero-order valence-electron chi connectivity index (χ0n) is 5.34. The summed E-state index contributed by atoms with van der Waals surface area (Å²) in [5.41, 5.74) is 0. The van der Waals surface area contributed by atoms with Crippen LogP contribution in [0.4, 0.5) is 0 Å². The fourth-order valence-electron chi connectivity index (χ4n) is 0.310. The van der Waals surface area contributed by atoms with Gasteiger partial charge in [0.1, 0.15) is 0 Å². The molecule has 0 amide bonds. The first kappa shape index (κ1) is 8.47. The average Bonchev–Trinajstić information content (AvgIpc) is 1.64. The Bertz CT molecular complexity index is 216. The Morgan fingerprint density at radius 1 is 1.56 bits per heavy atom. The highest BCUT2D eigenvalue weighted by atomic mass is 32.2. The van der Waals surface area contributed by atoms with E-state index in [9.17, 15) is 8.42 Å². The van der Waals surface area contributed by atoms with Gasteiger partial charge in [0.2, 0.25) is 0 Å². The molecule has 52 valence electrons. The lowest BCUT2D eigenvalue weighted by Gasteiger charge is -1.90. The predicted octanol–water partition coefficient (Wildman–Crippen LogP) is 0.334. The summed E-state index contributed by atoms with van der Waals surface area (Å²) in [7, 11) is -3.54. The summed E-state index contributed by atoms with van der Waals surface area (Å²) in [5, 5.41) is 1.92. The van der Waals surface area contributed by atoms with Crippen molar-refractivity contribution >= 4 is 10.1 Å². The highest BCUT2D eigenvalue weighted by molar-refractivity contribution is 7.91. The third-order valence-corrected chi connectivity index (χ3v) is 1.50. The second kappa shape index (κ2) is 3.49. The van der Waals surface area contributed by atoms with Gasteiger partial charge in [-0.1, -0.05) is 5.92 Å². The molecule has 0 aliphatic heterocycles. The first-order valence-electron chi connectivity index (χ1n) is 2.45. The minimum Gasteiger partial charge on any atom is -0.261 e. The second-order valence-corrected chi connectivity index (χ2v) is 2.56. The highest BCUT2D eigenvalue weighted by Gasteiger charge is 2.01. The predicted molar refractivity (Wildman–Crippen MR) is 34.0 cm³/mol. The van der Waals surface area contributed by atoms with E-state index in [1.165, 1.54) is 6.92 Å². The largest absolute Gasteiger partial charge is 0.337 e. The quantitative estimate of drug-likeness (QED) is 0.419. The van der Waals surface area contributed by atoms with Crippen LogP contribution >= 0.6 is 0 Å². The molecule has 0 aromatic rings. The van der Waals surface area contributed by atoms with Gasteiger partial charge in [-0.2, -0.15) is 8.42 Å². The maximum Gasteiger partial charge on any atom is 0.337 e. The van der Waals surface area contributed by atoms with Crippen LogP contribution in [0.1, 0.15) is 13.8 Å². The summed E-state index contributed by atoms with van der Waals surface area (Å²) in [6.07, 6.45) is 0. The van der Waals surface area contributed by atoms with Gasteiger partial charge in [0.05, 0.1) is 11.9 Å². The van der Waals surface area contributed by atoms with E-state index < -0.39 is 10.1 Å². The highest BCUT2D eigenvalue weighted by Crippen LogP contribution is 1.87. The van der Waals surface area contributed by atoms with Gasteiger partial charge in [0.15, 0.2) is 0 Å². The topological polar surface area (TPSA) is 43.4 Å². The number of hydrogen-bond donors (Lipinski definition) is 0. The summed E-state index contributed by atoms with van der Waals surface area (Å²) < 4.78 is 25.1. The molecule has 0 aromatic heterocycles. The molecule has 4 heteroatoms. The van der Waals surface area contributed by atoms with E-state index in [0.717, 1.165) is 0 Å². The molecular weight excluding hydrogens is 140 g/mol. The van der Waals surface area contributed by atoms with E-state index in [1.54, 1.807) is 6.92 Å². The van der Waals surface area contributed by atoms with Crippen LogP contribution in [0.3, 0.4) is 0 Å². The van der Waals surface area contributed by atoms with Crippen LogP contribution in [-0.2, 0) is 14.3 Å². The molecule has 0 atom stereocenters. The Kier molecular flexibility index (Phi) is 3.28. The van der Waals surface area contributed by atoms with Crippen LogP contribution in [0.25, 0.3) is 0 Å². The van der Waals surface area contributed by atoms with E-state index in [0.29, 0.717) is 0 Å². The van der Waals surface area contributed by atoms with E-state index in [4.69, 9.17) is 0 Å². The van der Waals surface area contributed by atoms with Gasteiger partial charge in [-0.15, -0.1) is 0 Å². The zero-order valence-corrected chi connectivity index (χ0v) is 6.16. The fraction of sp³-hybridized carbons (Fsp3) is 0.600. The molecule has 0 aromatic carbocycles. The van der Waals surface area contributed by atoms with Crippen molar-refractivity contribution in [3.8, 4) is 11.2 Å². The molecule has 3 nitrogen and oxygen atoms in total. The zero-order chi connectivity index (χ0) is 7.33. The first-order valence-corrected chi connectivity index (χ1v) is 3.86. The minimum atomic E-state index is -3.54. The van der Waals surface area contributed by atoms with Gasteiger partial charge < -0.3 is 0 Å². The second-order valence-electron chi connectivity index (χ2n) is 1.21. The molecule has 0 spiro atoms. The molecule has 0 saturated carbocycles. The summed E-state index contributed by atoms with van der Waals surface area (Å²) >= 11 is 0. The Morgan fingerprint density at radius 2 is 2.11 bits per heavy atom. The maximum absolute atomic E-state index is 10.4.